The summed E-state index contributed by atoms with van der Waals surface area (Å²) in [7, 11) is 10.8. The zero-order chi connectivity index (χ0) is 79.6. The summed E-state index contributed by atoms with van der Waals surface area (Å²) in [5.41, 5.74) is 8.98. The van der Waals surface area contributed by atoms with E-state index in [9.17, 15) is 39.9 Å². The highest BCUT2D eigenvalue weighted by Gasteiger charge is 2.18. The number of benzene rings is 8. The summed E-state index contributed by atoms with van der Waals surface area (Å²) in [6, 6.07) is 30.2. The molecule has 0 radical (unpaired) electrons. The summed E-state index contributed by atoms with van der Waals surface area (Å²) >= 11 is 15.5. The minimum absolute atomic E-state index is 0. The number of ether oxygens (including phenoxy) is 12. The number of phenolic OH excluding ortho intramolecular Hbond substituents is 5. The van der Waals surface area contributed by atoms with Gasteiger partial charge < -0.3 is 82.4 Å². The molecule has 27 heteroatoms. The number of hydrogen-bond acceptors (Lipinski definition) is 22. The standard InChI is InChI=1S/C21H23NO4.C19H17Cl2NO3.C16H26O4.C10H12O3.C9H10O3.C8H7BrO3.2ClH/c1-5-26-18-7-6-16-15(11-22-12-17(16)20(18)23)9-14-8-13(2)21(25-4)19(10-14)24-3;1-3-25-17-5-4-13-12(9-22-10-14(13)18(17)23)6-11-7-15(20)19(24-2)16(21)8-11;1-4-18-14-11-7-9-13(16(14)17)10-8-12-15(19-5-2)20-6-3;1-7-4-8(6-11)5-9(12-2)10(7)13-3;1-6-3-7(5-10)4-8(12-2)9(6)11;1-12-7-3-5(4-10)2-6(9)8(7)11;;/h6-8,10-12,23H,5,9H2,1-4H3;4-5,7-10,23H,3,6H2,1-2H3;7,9,11,15,17H,4-6,8,10,12H2,1-3H3;4-6H,1-3H3;3-5,11H,1-2H3;2-4,11H,1H3;2*1H. The second-order valence-electron chi connectivity index (χ2n) is 23.4. The Morgan fingerprint density at radius 2 is 0.818 bits per heavy atom. The fourth-order valence-electron chi connectivity index (χ4n) is 11.2. The summed E-state index contributed by atoms with van der Waals surface area (Å²) in [5.74, 6) is 5.82. The number of fused-ring (bicyclic) bond motifs is 2. The van der Waals surface area contributed by atoms with Crippen LogP contribution in [0.5, 0.6) is 86.2 Å². The van der Waals surface area contributed by atoms with Crippen LogP contribution in [-0.2, 0) is 28.7 Å². The number of aromatic hydroxyl groups is 5. The monoisotopic (exact) mass is 1660 g/mol. The fraction of sp³-hybridized carbons (Fsp3) is 0.313. The molecule has 10 aromatic rings. The van der Waals surface area contributed by atoms with Crippen molar-refractivity contribution in [2.75, 3.05) is 82.8 Å². The molecule has 0 atom stereocenters. The molecule has 0 fully saturated rings. The van der Waals surface area contributed by atoms with E-state index in [-0.39, 0.29) is 65.6 Å². The molecule has 594 valence electrons. The maximum atomic E-state index is 10.5. The van der Waals surface area contributed by atoms with Crippen LogP contribution >= 0.6 is 63.9 Å². The van der Waals surface area contributed by atoms with Crippen LogP contribution in [-0.4, -0.2) is 143 Å². The third-order valence-corrected chi connectivity index (χ3v) is 17.3. The number of rotatable bonds is 28. The van der Waals surface area contributed by atoms with Crippen molar-refractivity contribution in [2.45, 2.75) is 93.8 Å². The molecule has 0 saturated heterocycles. The highest BCUT2D eigenvalue weighted by Crippen LogP contribution is 2.42. The van der Waals surface area contributed by atoms with Crippen LogP contribution in [0.1, 0.15) is 123 Å². The largest absolute Gasteiger partial charge is 0.504 e. The van der Waals surface area contributed by atoms with Gasteiger partial charge in [-0.3, -0.25) is 24.4 Å². The van der Waals surface area contributed by atoms with E-state index in [2.05, 4.69) is 32.0 Å². The van der Waals surface area contributed by atoms with Crippen LogP contribution in [0.3, 0.4) is 0 Å². The Morgan fingerprint density at radius 1 is 0.409 bits per heavy atom. The van der Waals surface area contributed by atoms with Crippen molar-refractivity contribution in [3.8, 4) is 86.2 Å². The van der Waals surface area contributed by atoms with E-state index in [4.69, 9.17) is 80.0 Å². The Labute approximate surface area is 673 Å². The van der Waals surface area contributed by atoms with Gasteiger partial charge in [0.15, 0.2) is 92.5 Å². The number of methoxy groups -OCH3 is 7. The smallest absolute Gasteiger partial charge is 0.172 e. The number of phenols is 5. The number of aromatic nitrogens is 2. The van der Waals surface area contributed by atoms with Gasteiger partial charge in [0.2, 0.25) is 0 Å². The Bertz CT molecular complexity index is 4510. The molecule has 0 aliphatic heterocycles. The van der Waals surface area contributed by atoms with Crippen LogP contribution < -0.4 is 47.4 Å². The topological polar surface area (TPSA) is 289 Å². The normalized spacial score (nSPS) is 10.2. The number of halogens is 5. The summed E-state index contributed by atoms with van der Waals surface area (Å²) < 4.78 is 63.7. The average molecular weight is 1660 g/mol. The molecule has 0 amide bonds. The maximum absolute atomic E-state index is 10.5. The second-order valence-corrected chi connectivity index (χ2v) is 25.0. The fourth-order valence-corrected chi connectivity index (χ4v) is 12.3. The lowest BCUT2D eigenvalue weighted by Gasteiger charge is -2.17. The van der Waals surface area contributed by atoms with E-state index < -0.39 is 0 Å². The summed E-state index contributed by atoms with van der Waals surface area (Å²) in [5, 5.41) is 53.8. The number of carbonyl (C=O) groups excluding carboxylic acids is 3. The quantitative estimate of drug-likeness (QED) is 0.0225. The van der Waals surface area contributed by atoms with Gasteiger partial charge in [-0.05, 0) is 232 Å². The number of para-hydroxylation sites is 1. The summed E-state index contributed by atoms with van der Waals surface area (Å²) in [4.78, 5) is 39.9. The summed E-state index contributed by atoms with van der Waals surface area (Å²) in [6.07, 6.45) is 12.7. The first-order valence-electron chi connectivity index (χ1n) is 34.3. The minimum Gasteiger partial charge on any atom is -0.504 e. The van der Waals surface area contributed by atoms with E-state index >= 15 is 0 Å². The Hall–Kier alpha value is -9.85. The Balaban J connectivity index is 0.000000351. The van der Waals surface area contributed by atoms with Crippen LogP contribution in [0.4, 0.5) is 0 Å². The van der Waals surface area contributed by atoms with Gasteiger partial charge in [0, 0.05) is 65.5 Å². The molecule has 0 saturated carbocycles. The number of nitrogens with zero attached hydrogens (tertiary/aromatic N) is 2. The highest BCUT2D eigenvalue weighted by atomic mass is 79.9. The van der Waals surface area contributed by atoms with Gasteiger partial charge in [0.1, 0.15) is 18.9 Å². The number of hydrogen-bond donors (Lipinski definition) is 5. The molecule has 0 bridgehead atoms. The molecule has 8 aromatic carbocycles. The zero-order valence-corrected chi connectivity index (χ0v) is 68.9. The Morgan fingerprint density at radius 3 is 1.25 bits per heavy atom. The van der Waals surface area contributed by atoms with E-state index in [1.165, 1.54) is 39.5 Å². The molecule has 0 unspecified atom stereocenters. The lowest BCUT2D eigenvalue weighted by atomic mass is 9.98. The average Bonchev–Trinajstić information content (AvgIpc) is 0.790. The second kappa shape index (κ2) is 48.6. The first-order chi connectivity index (χ1) is 51.9. The van der Waals surface area contributed by atoms with E-state index in [0.717, 1.165) is 87.3 Å². The first kappa shape index (κ1) is 94.4. The van der Waals surface area contributed by atoms with Crippen molar-refractivity contribution in [1.82, 2.24) is 9.97 Å². The lowest BCUT2D eigenvalue weighted by molar-refractivity contribution is -0.140. The minimum atomic E-state index is -0.151. The van der Waals surface area contributed by atoms with Crippen molar-refractivity contribution < 1.29 is 96.8 Å². The van der Waals surface area contributed by atoms with E-state index in [1.54, 1.807) is 90.4 Å². The predicted octanol–water partition coefficient (Wildman–Crippen LogP) is 19.2. The van der Waals surface area contributed by atoms with E-state index in [1.807, 2.05) is 97.1 Å². The van der Waals surface area contributed by atoms with Crippen molar-refractivity contribution >= 4 is 104 Å². The van der Waals surface area contributed by atoms with Gasteiger partial charge in [0.25, 0.3) is 0 Å². The SMILES string of the molecule is CCOc1ccc2c(Cc3cc(C)c(OC)c(OC)c3)cncc2c1O.CCOc1ccc2c(Cc3cc(Cl)c(OC)c(Cl)c3)cncc2c1O.CCOc1cccc(CCCC(OCC)OCC)c1O.COc1cc(C=O)cc(Br)c1O.COc1cc(C=O)cc(C)c1O.COc1cc(C=O)cc(C)c1OC.Cl.Cl. The molecule has 0 spiro atoms. The number of carbonyl (C=O) groups is 3. The van der Waals surface area contributed by atoms with Gasteiger partial charge in [0.05, 0.1) is 84.1 Å². The van der Waals surface area contributed by atoms with Crippen molar-refractivity contribution in [3.05, 3.63) is 204 Å². The van der Waals surface area contributed by atoms with Crippen molar-refractivity contribution in [3.63, 3.8) is 0 Å². The van der Waals surface area contributed by atoms with Crippen LogP contribution in [0.25, 0.3) is 21.5 Å². The molecule has 0 aliphatic carbocycles. The van der Waals surface area contributed by atoms with Gasteiger partial charge in [-0.25, -0.2) is 0 Å². The third-order valence-electron chi connectivity index (χ3n) is 16.1. The highest BCUT2D eigenvalue weighted by molar-refractivity contribution is 9.10. The molecule has 22 nitrogen and oxygen atoms in total. The number of aryl methyl sites for hydroxylation is 4. The molecule has 2 heterocycles. The maximum Gasteiger partial charge on any atom is 0.172 e. The first-order valence-corrected chi connectivity index (χ1v) is 35.9. The molecular weight excluding hydrogens is 1570 g/mol. The van der Waals surface area contributed by atoms with Gasteiger partial charge in [-0.1, -0.05) is 53.5 Å². The molecule has 5 N–H and O–H groups in total. The number of pyridine rings is 2. The predicted molar refractivity (Wildman–Crippen MR) is 438 cm³/mol. The van der Waals surface area contributed by atoms with Crippen LogP contribution in [0.2, 0.25) is 10.0 Å². The Kier molecular flexibility index (Phi) is 41.7. The molecule has 2 aromatic heterocycles. The summed E-state index contributed by atoms with van der Waals surface area (Å²) in [6.45, 7) is 18.0. The molecule has 0 aliphatic rings. The zero-order valence-electron chi connectivity index (χ0n) is 64.2. The molecule has 10 rings (SSSR count). The third kappa shape index (κ3) is 26.4. The van der Waals surface area contributed by atoms with Gasteiger partial charge in [-0.15, -0.1) is 24.8 Å². The van der Waals surface area contributed by atoms with Crippen molar-refractivity contribution in [1.29, 1.82) is 0 Å². The van der Waals surface area contributed by atoms with Gasteiger partial charge >= 0.3 is 0 Å². The van der Waals surface area contributed by atoms with E-state index in [0.29, 0.717) is 146 Å². The lowest BCUT2D eigenvalue weighted by Crippen LogP contribution is -2.17. The van der Waals surface area contributed by atoms with Crippen LogP contribution in [0, 0.1) is 20.8 Å². The molecular formula is C83H97BrCl4N2O20. The van der Waals surface area contributed by atoms with Crippen LogP contribution in [0.15, 0.2) is 132 Å². The molecule has 110 heavy (non-hydrogen) atoms. The number of aldehydes is 3. The van der Waals surface area contributed by atoms with Crippen molar-refractivity contribution in [2.24, 2.45) is 0 Å². The van der Waals surface area contributed by atoms with Gasteiger partial charge in [-0.2, -0.15) is 0 Å².